The van der Waals surface area contributed by atoms with Crippen molar-refractivity contribution in [3.05, 3.63) is 35.6 Å². The van der Waals surface area contributed by atoms with Gasteiger partial charge in [0, 0.05) is 13.6 Å². The summed E-state index contributed by atoms with van der Waals surface area (Å²) in [5, 5.41) is 8.35. The van der Waals surface area contributed by atoms with Gasteiger partial charge in [-0.1, -0.05) is 12.1 Å². The molecule has 1 aromatic carbocycles. The number of nitriles is 1. The smallest absolute Gasteiger partial charge is 0.211 e. The van der Waals surface area contributed by atoms with E-state index in [1.807, 2.05) is 0 Å². The Morgan fingerprint density at radius 2 is 2.19 bits per heavy atom. The van der Waals surface area contributed by atoms with Crippen molar-refractivity contribution < 1.29 is 12.8 Å². The maximum atomic E-state index is 12.8. The molecule has 0 aliphatic carbocycles. The van der Waals surface area contributed by atoms with Crippen molar-refractivity contribution in [3.63, 3.8) is 0 Å². The highest BCUT2D eigenvalue weighted by atomic mass is 32.2. The number of rotatable bonds is 4. The molecule has 1 aromatic rings. The van der Waals surface area contributed by atoms with E-state index in [2.05, 4.69) is 0 Å². The zero-order chi connectivity index (χ0) is 12.2. The number of hydrogen-bond acceptors (Lipinski definition) is 3. The van der Waals surface area contributed by atoms with Crippen LogP contribution in [0.3, 0.4) is 0 Å². The van der Waals surface area contributed by atoms with Crippen molar-refractivity contribution in [1.82, 2.24) is 4.31 Å². The lowest BCUT2D eigenvalue weighted by Gasteiger charge is -2.14. The van der Waals surface area contributed by atoms with E-state index < -0.39 is 21.6 Å². The lowest BCUT2D eigenvalue weighted by Crippen LogP contribution is -2.28. The summed E-state index contributed by atoms with van der Waals surface area (Å²) in [6.07, 6.45) is 0. The molecule has 0 aliphatic rings. The second-order valence-corrected chi connectivity index (χ2v) is 5.38. The van der Waals surface area contributed by atoms with Gasteiger partial charge >= 0.3 is 0 Å². The molecule has 0 spiro atoms. The van der Waals surface area contributed by atoms with Crippen molar-refractivity contribution in [2.45, 2.75) is 6.54 Å². The number of nitrogens with zero attached hydrogens (tertiary/aromatic N) is 2. The number of benzene rings is 1. The lowest BCUT2D eigenvalue weighted by atomic mass is 10.2. The minimum absolute atomic E-state index is 0.0573. The van der Waals surface area contributed by atoms with Crippen LogP contribution in [0.5, 0.6) is 0 Å². The van der Waals surface area contributed by atoms with Crippen LogP contribution in [0.25, 0.3) is 0 Å². The van der Waals surface area contributed by atoms with Gasteiger partial charge in [-0.2, -0.15) is 9.57 Å². The van der Waals surface area contributed by atoms with Crippen LogP contribution in [0.2, 0.25) is 0 Å². The summed E-state index contributed by atoms with van der Waals surface area (Å²) in [5.74, 6) is -0.984. The third-order valence-electron chi connectivity index (χ3n) is 2.02. The molecule has 0 atom stereocenters. The van der Waals surface area contributed by atoms with E-state index >= 15 is 0 Å². The van der Waals surface area contributed by atoms with E-state index in [0.29, 0.717) is 5.56 Å². The summed E-state index contributed by atoms with van der Waals surface area (Å²) in [6.45, 7) is 0.0573. The van der Waals surface area contributed by atoms with Gasteiger partial charge in [0.05, 0.1) is 6.07 Å². The first-order valence-electron chi connectivity index (χ1n) is 4.51. The van der Waals surface area contributed by atoms with Gasteiger partial charge in [-0.05, 0) is 17.7 Å². The second-order valence-electron chi connectivity index (χ2n) is 3.30. The van der Waals surface area contributed by atoms with Crippen LogP contribution >= 0.6 is 0 Å². The van der Waals surface area contributed by atoms with E-state index in [4.69, 9.17) is 5.26 Å². The number of sulfonamides is 1. The highest BCUT2D eigenvalue weighted by molar-refractivity contribution is 7.89. The molecule has 0 bridgehead atoms. The van der Waals surface area contributed by atoms with Crippen LogP contribution in [0.15, 0.2) is 24.3 Å². The van der Waals surface area contributed by atoms with E-state index in [1.54, 1.807) is 12.1 Å². The van der Waals surface area contributed by atoms with E-state index in [-0.39, 0.29) is 6.54 Å². The standard InChI is InChI=1S/C10H11FN2O2S/c1-13(16(14,15)6-5-12)8-9-3-2-4-10(11)7-9/h2-4,7H,6,8H2,1H3. The van der Waals surface area contributed by atoms with Gasteiger partial charge in [-0.15, -0.1) is 0 Å². The highest BCUT2D eigenvalue weighted by Gasteiger charge is 2.17. The summed E-state index contributed by atoms with van der Waals surface area (Å²) in [4.78, 5) is 0. The molecule has 0 fully saturated rings. The molecule has 0 saturated heterocycles. The summed E-state index contributed by atoms with van der Waals surface area (Å²) < 4.78 is 36.7. The molecule has 0 radical (unpaired) electrons. The molecular formula is C10H11FN2O2S. The van der Waals surface area contributed by atoms with Crippen LogP contribution in [0.4, 0.5) is 4.39 Å². The fourth-order valence-corrected chi connectivity index (χ4v) is 1.91. The molecule has 0 saturated carbocycles. The maximum absolute atomic E-state index is 12.8. The predicted molar refractivity (Wildman–Crippen MR) is 57.3 cm³/mol. The van der Waals surface area contributed by atoms with Crippen molar-refractivity contribution in [1.29, 1.82) is 5.26 Å². The number of halogens is 1. The predicted octanol–water partition coefficient (Wildman–Crippen LogP) is 1.11. The normalized spacial score (nSPS) is 11.4. The average molecular weight is 242 g/mol. The average Bonchev–Trinajstić information content (AvgIpc) is 2.17. The first-order valence-corrected chi connectivity index (χ1v) is 6.12. The topological polar surface area (TPSA) is 61.2 Å². The van der Waals surface area contributed by atoms with Crippen LogP contribution < -0.4 is 0 Å². The Kier molecular flexibility index (Phi) is 3.99. The van der Waals surface area contributed by atoms with Gasteiger partial charge in [-0.25, -0.2) is 12.8 Å². The molecule has 6 heteroatoms. The molecule has 0 aromatic heterocycles. The van der Waals surface area contributed by atoms with Crippen molar-refractivity contribution in [3.8, 4) is 6.07 Å². The van der Waals surface area contributed by atoms with Crippen molar-refractivity contribution in [2.24, 2.45) is 0 Å². The van der Waals surface area contributed by atoms with E-state index in [9.17, 15) is 12.8 Å². The summed E-state index contributed by atoms with van der Waals surface area (Å²) in [6, 6.07) is 7.27. The van der Waals surface area contributed by atoms with E-state index in [0.717, 1.165) is 4.31 Å². The van der Waals surface area contributed by atoms with Crippen LogP contribution in [-0.2, 0) is 16.6 Å². The zero-order valence-corrected chi connectivity index (χ0v) is 9.54. The molecule has 1 rings (SSSR count). The quantitative estimate of drug-likeness (QED) is 0.794. The third kappa shape index (κ3) is 3.29. The highest BCUT2D eigenvalue weighted by Crippen LogP contribution is 2.09. The monoisotopic (exact) mass is 242 g/mol. The molecule has 0 unspecified atom stereocenters. The Bertz CT molecular complexity index is 508. The second kappa shape index (κ2) is 5.05. The Hall–Kier alpha value is -1.45. The van der Waals surface area contributed by atoms with Crippen molar-refractivity contribution in [2.75, 3.05) is 12.8 Å². The van der Waals surface area contributed by atoms with Gasteiger partial charge in [0.1, 0.15) is 5.82 Å². The maximum Gasteiger partial charge on any atom is 0.227 e. The minimum Gasteiger partial charge on any atom is -0.211 e. The van der Waals surface area contributed by atoms with Gasteiger partial charge in [0.2, 0.25) is 10.0 Å². The lowest BCUT2D eigenvalue weighted by molar-refractivity contribution is 0.468. The summed E-state index contributed by atoms with van der Waals surface area (Å²) >= 11 is 0. The van der Waals surface area contributed by atoms with E-state index in [1.165, 1.54) is 25.2 Å². The number of hydrogen-bond donors (Lipinski definition) is 0. The fraction of sp³-hybridized carbons (Fsp3) is 0.300. The first-order chi connectivity index (χ1) is 7.45. The van der Waals surface area contributed by atoms with Gasteiger partial charge < -0.3 is 0 Å². The van der Waals surface area contributed by atoms with Gasteiger partial charge in [0.15, 0.2) is 5.75 Å². The minimum atomic E-state index is -3.57. The third-order valence-corrected chi connectivity index (χ3v) is 3.59. The molecule has 0 amide bonds. The van der Waals surface area contributed by atoms with Crippen molar-refractivity contribution >= 4 is 10.0 Å². The van der Waals surface area contributed by atoms with Crippen LogP contribution in [-0.4, -0.2) is 25.5 Å². The Morgan fingerprint density at radius 3 is 2.75 bits per heavy atom. The zero-order valence-electron chi connectivity index (χ0n) is 8.72. The Morgan fingerprint density at radius 1 is 1.50 bits per heavy atom. The first kappa shape index (κ1) is 12.6. The fourth-order valence-electron chi connectivity index (χ4n) is 1.18. The molecule has 0 N–H and O–H groups in total. The molecule has 0 heterocycles. The Balaban J connectivity index is 2.80. The molecule has 86 valence electrons. The molecule has 0 aliphatic heterocycles. The molecular weight excluding hydrogens is 231 g/mol. The largest absolute Gasteiger partial charge is 0.227 e. The molecule has 4 nitrogen and oxygen atoms in total. The molecule has 16 heavy (non-hydrogen) atoms. The summed E-state index contributed by atoms with van der Waals surface area (Å²) in [7, 11) is -2.21. The van der Waals surface area contributed by atoms with Gasteiger partial charge in [0.25, 0.3) is 0 Å². The van der Waals surface area contributed by atoms with Crippen LogP contribution in [0, 0.1) is 17.1 Å². The summed E-state index contributed by atoms with van der Waals surface area (Å²) in [5.41, 5.74) is 0.545. The van der Waals surface area contributed by atoms with Gasteiger partial charge in [-0.3, -0.25) is 0 Å². The van der Waals surface area contributed by atoms with Crippen LogP contribution in [0.1, 0.15) is 5.56 Å². The Labute approximate surface area is 94.0 Å². The SMILES string of the molecule is CN(Cc1cccc(F)c1)S(=O)(=O)CC#N.